The quantitative estimate of drug-likeness (QED) is 0.701. The number of likely N-dealkylation sites (N-methyl/N-ethyl adjacent to an activating group) is 1. The molecule has 14 heavy (non-hydrogen) atoms. The first-order chi connectivity index (χ1) is 6.68. The van der Waals surface area contributed by atoms with Crippen molar-refractivity contribution in [1.82, 2.24) is 5.32 Å². The van der Waals surface area contributed by atoms with Crippen molar-refractivity contribution in [1.29, 1.82) is 0 Å². The van der Waals surface area contributed by atoms with Crippen LogP contribution in [-0.2, 0) is 17.6 Å². The molecule has 0 aromatic heterocycles. The molecular formula is C11H14N2O. The first kappa shape index (κ1) is 9.21. The van der Waals surface area contributed by atoms with Crippen molar-refractivity contribution in [3.63, 3.8) is 0 Å². The SMILES string of the molecule is CNC1(C(N)=O)Cc2ccccc2C1. The van der Waals surface area contributed by atoms with E-state index in [1.165, 1.54) is 11.1 Å². The fraction of sp³-hybridized carbons (Fsp3) is 0.364. The minimum atomic E-state index is -0.566. The van der Waals surface area contributed by atoms with Gasteiger partial charge in [-0.3, -0.25) is 4.79 Å². The van der Waals surface area contributed by atoms with Gasteiger partial charge in [-0.2, -0.15) is 0 Å². The van der Waals surface area contributed by atoms with Crippen LogP contribution in [0, 0.1) is 0 Å². The lowest BCUT2D eigenvalue weighted by Crippen LogP contribution is -2.54. The summed E-state index contributed by atoms with van der Waals surface area (Å²) in [5.74, 6) is -0.267. The number of carbonyl (C=O) groups excluding carboxylic acids is 1. The van der Waals surface area contributed by atoms with E-state index in [0.29, 0.717) is 12.8 Å². The Labute approximate surface area is 83.3 Å². The van der Waals surface area contributed by atoms with Gasteiger partial charge in [0, 0.05) is 12.8 Å². The minimum absolute atomic E-state index is 0.267. The highest BCUT2D eigenvalue weighted by molar-refractivity contribution is 5.86. The Morgan fingerprint density at radius 2 is 1.86 bits per heavy atom. The van der Waals surface area contributed by atoms with Crippen LogP contribution in [0.2, 0.25) is 0 Å². The van der Waals surface area contributed by atoms with Gasteiger partial charge in [-0.25, -0.2) is 0 Å². The molecule has 0 heterocycles. The molecule has 0 saturated carbocycles. The van der Waals surface area contributed by atoms with Crippen molar-refractivity contribution in [3.8, 4) is 0 Å². The molecule has 0 spiro atoms. The van der Waals surface area contributed by atoms with Gasteiger partial charge >= 0.3 is 0 Å². The van der Waals surface area contributed by atoms with Gasteiger partial charge in [-0.1, -0.05) is 24.3 Å². The average molecular weight is 190 g/mol. The predicted octanol–water partition coefficient (Wildman–Crippen LogP) is 0.229. The maximum Gasteiger partial charge on any atom is 0.238 e. The van der Waals surface area contributed by atoms with Crippen LogP contribution in [0.25, 0.3) is 0 Å². The van der Waals surface area contributed by atoms with Gasteiger partial charge in [0.05, 0.1) is 0 Å². The van der Waals surface area contributed by atoms with Crippen LogP contribution in [0.15, 0.2) is 24.3 Å². The van der Waals surface area contributed by atoms with E-state index >= 15 is 0 Å². The number of amides is 1. The zero-order valence-electron chi connectivity index (χ0n) is 8.21. The van der Waals surface area contributed by atoms with Crippen molar-refractivity contribution >= 4 is 5.91 Å². The lowest BCUT2D eigenvalue weighted by Gasteiger charge is -2.24. The molecule has 0 radical (unpaired) electrons. The second-order valence-electron chi connectivity index (χ2n) is 3.82. The minimum Gasteiger partial charge on any atom is -0.368 e. The van der Waals surface area contributed by atoms with Crippen molar-refractivity contribution in [3.05, 3.63) is 35.4 Å². The summed E-state index contributed by atoms with van der Waals surface area (Å²) in [6.07, 6.45) is 1.41. The van der Waals surface area contributed by atoms with Crippen LogP contribution in [0.1, 0.15) is 11.1 Å². The van der Waals surface area contributed by atoms with E-state index in [-0.39, 0.29) is 5.91 Å². The number of nitrogens with one attached hydrogen (secondary N) is 1. The third-order valence-electron chi connectivity index (χ3n) is 3.05. The van der Waals surface area contributed by atoms with Gasteiger partial charge in [0.1, 0.15) is 5.54 Å². The fourth-order valence-corrected chi connectivity index (χ4v) is 2.09. The van der Waals surface area contributed by atoms with Crippen molar-refractivity contribution in [2.24, 2.45) is 5.73 Å². The summed E-state index contributed by atoms with van der Waals surface area (Å²) in [5, 5.41) is 3.05. The first-order valence-electron chi connectivity index (χ1n) is 4.73. The Hall–Kier alpha value is -1.35. The molecule has 3 N–H and O–H groups in total. The molecule has 0 bridgehead atoms. The van der Waals surface area contributed by atoms with Gasteiger partial charge in [0.15, 0.2) is 0 Å². The van der Waals surface area contributed by atoms with E-state index in [1.807, 2.05) is 12.1 Å². The standard InChI is InChI=1S/C11H14N2O/c1-13-11(10(12)14)6-8-4-2-3-5-9(8)7-11/h2-5,13H,6-7H2,1H3,(H2,12,14). The largest absolute Gasteiger partial charge is 0.368 e. The molecule has 1 aliphatic carbocycles. The molecule has 0 saturated heterocycles. The van der Waals surface area contributed by atoms with Crippen molar-refractivity contribution < 1.29 is 4.79 Å². The second kappa shape index (κ2) is 3.10. The van der Waals surface area contributed by atoms with E-state index in [1.54, 1.807) is 7.05 Å². The molecule has 0 fully saturated rings. The fourth-order valence-electron chi connectivity index (χ4n) is 2.09. The number of nitrogens with two attached hydrogens (primary N) is 1. The maximum absolute atomic E-state index is 11.4. The normalized spacial score (nSPS) is 17.8. The number of hydrogen-bond donors (Lipinski definition) is 2. The van der Waals surface area contributed by atoms with E-state index in [4.69, 9.17) is 5.73 Å². The van der Waals surface area contributed by atoms with E-state index < -0.39 is 5.54 Å². The van der Waals surface area contributed by atoms with Crippen LogP contribution in [0.4, 0.5) is 0 Å². The summed E-state index contributed by atoms with van der Waals surface area (Å²) in [5.41, 5.74) is 7.30. The Morgan fingerprint density at radius 3 is 2.21 bits per heavy atom. The molecule has 1 aromatic carbocycles. The molecule has 1 amide bonds. The Bertz CT molecular complexity index is 348. The third kappa shape index (κ3) is 1.21. The molecule has 3 nitrogen and oxygen atoms in total. The molecule has 1 aromatic rings. The van der Waals surface area contributed by atoms with E-state index in [9.17, 15) is 4.79 Å². The molecule has 0 unspecified atom stereocenters. The molecule has 3 heteroatoms. The van der Waals surface area contributed by atoms with Crippen LogP contribution < -0.4 is 11.1 Å². The number of carbonyl (C=O) groups is 1. The molecule has 74 valence electrons. The first-order valence-corrected chi connectivity index (χ1v) is 4.73. The van der Waals surface area contributed by atoms with Gasteiger partial charge in [0.25, 0.3) is 0 Å². The Balaban J connectivity index is 2.37. The summed E-state index contributed by atoms with van der Waals surface area (Å²) < 4.78 is 0. The lowest BCUT2D eigenvalue weighted by molar-refractivity contribution is -0.123. The number of benzene rings is 1. The Kier molecular flexibility index (Phi) is 2.04. The summed E-state index contributed by atoms with van der Waals surface area (Å²) in [4.78, 5) is 11.4. The van der Waals surface area contributed by atoms with Gasteiger partial charge in [-0.15, -0.1) is 0 Å². The monoisotopic (exact) mass is 190 g/mol. The highest BCUT2D eigenvalue weighted by Crippen LogP contribution is 2.29. The molecule has 0 atom stereocenters. The van der Waals surface area contributed by atoms with Gasteiger partial charge < -0.3 is 11.1 Å². The van der Waals surface area contributed by atoms with E-state index in [0.717, 1.165) is 0 Å². The smallest absolute Gasteiger partial charge is 0.238 e. The maximum atomic E-state index is 11.4. The Morgan fingerprint density at radius 1 is 1.36 bits per heavy atom. The molecule has 1 aliphatic rings. The summed E-state index contributed by atoms with van der Waals surface area (Å²) >= 11 is 0. The van der Waals surface area contributed by atoms with Crippen molar-refractivity contribution in [2.75, 3.05) is 7.05 Å². The molecular weight excluding hydrogens is 176 g/mol. The zero-order valence-corrected chi connectivity index (χ0v) is 8.21. The van der Waals surface area contributed by atoms with Gasteiger partial charge in [0.2, 0.25) is 5.91 Å². The zero-order chi connectivity index (χ0) is 10.2. The number of primary amides is 1. The van der Waals surface area contributed by atoms with E-state index in [2.05, 4.69) is 17.4 Å². The van der Waals surface area contributed by atoms with Crippen LogP contribution in [-0.4, -0.2) is 18.5 Å². The lowest BCUT2D eigenvalue weighted by atomic mass is 9.95. The summed E-state index contributed by atoms with van der Waals surface area (Å²) in [7, 11) is 1.79. The molecule has 2 rings (SSSR count). The van der Waals surface area contributed by atoms with Crippen LogP contribution in [0.5, 0.6) is 0 Å². The number of fused-ring (bicyclic) bond motifs is 1. The third-order valence-corrected chi connectivity index (χ3v) is 3.05. The summed E-state index contributed by atoms with van der Waals surface area (Å²) in [6, 6.07) is 8.09. The average Bonchev–Trinajstić information content (AvgIpc) is 2.57. The predicted molar refractivity (Wildman–Crippen MR) is 54.8 cm³/mol. The number of hydrogen-bond acceptors (Lipinski definition) is 2. The topological polar surface area (TPSA) is 55.1 Å². The van der Waals surface area contributed by atoms with Crippen LogP contribution >= 0.6 is 0 Å². The highest BCUT2D eigenvalue weighted by atomic mass is 16.1. The summed E-state index contributed by atoms with van der Waals surface area (Å²) in [6.45, 7) is 0. The second-order valence-corrected chi connectivity index (χ2v) is 3.82. The molecule has 0 aliphatic heterocycles. The van der Waals surface area contributed by atoms with Crippen LogP contribution in [0.3, 0.4) is 0 Å². The number of rotatable bonds is 2. The highest BCUT2D eigenvalue weighted by Gasteiger charge is 2.40. The van der Waals surface area contributed by atoms with Crippen molar-refractivity contribution in [2.45, 2.75) is 18.4 Å². The van der Waals surface area contributed by atoms with Gasteiger partial charge in [-0.05, 0) is 18.2 Å².